The van der Waals surface area contributed by atoms with Gasteiger partial charge < -0.3 is 4.74 Å². The number of pyridine rings is 1. The number of allylic oxidation sites excluding steroid dienone is 1. The maximum absolute atomic E-state index is 11.8. The minimum Gasteiger partial charge on any atom is -0.501 e. The van der Waals surface area contributed by atoms with E-state index in [0.29, 0.717) is 6.42 Å². The number of aromatic nitrogens is 1. The molecule has 2 rings (SSSR count). The molecule has 0 atom stereocenters. The van der Waals surface area contributed by atoms with E-state index in [2.05, 4.69) is 4.98 Å². The molecule has 78 valence electrons. The SMILES string of the molecule is O=C(Cc1cccnc1)C1=COCCC1. The Morgan fingerprint density at radius 3 is 3.13 bits per heavy atom. The molecule has 1 aromatic rings. The molecule has 0 saturated carbocycles. The highest BCUT2D eigenvalue weighted by atomic mass is 16.5. The Balaban J connectivity index is 2.00. The van der Waals surface area contributed by atoms with E-state index in [1.54, 1.807) is 18.7 Å². The molecular formula is C12H13NO2. The summed E-state index contributed by atoms with van der Waals surface area (Å²) in [5, 5.41) is 0. The lowest BCUT2D eigenvalue weighted by atomic mass is 10.0. The number of carbonyl (C=O) groups is 1. The van der Waals surface area contributed by atoms with E-state index in [9.17, 15) is 4.79 Å². The fourth-order valence-electron chi connectivity index (χ4n) is 1.57. The van der Waals surface area contributed by atoms with Crippen LogP contribution in [-0.4, -0.2) is 17.4 Å². The fraction of sp³-hybridized carbons (Fsp3) is 0.333. The van der Waals surface area contributed by atoms with E-state index in [1.165, 1.54) is 0 Å². The Bertz CT molecular complexity index is 370. The van der Waals surface area contributed by atoms with Gasteiger partial charge in [0.1, 0.15) is 0 Å². The van der Waals surface area contributed by atoms with E-state index in [1.807, 2.05) is 12.1 Å². The number of ketones is 1. The van der Waals surface area contributed by atoms with Crippen LogP contribution in [0.4, 0.5) is 0 Å². The van der Waals surface area contributed by atoms with Gasteiger partial charge in [0.25, 0.3) is 0 Å². The van der Waals surface area contributed by atoms with Crippen LogP contribution in [0.25, 0.3) is 0 Å². The van der Waals surface area contributed by atoms with E-state index in [-0.39, 0.29) is 5.78 Å². The standard InChI is InChI=1S/C12H13NO2/c14-12(11-4-2-6-15-9-11)7-10-3-1-5-13-8-10/h1,3,5,8-9H,2,4,6-7H2. The third-order valence-electron chi connectivity index (χ3n) is 2.38. The first-order valence-corrected chi connectivity index (χ1v) is 5.09. The van der Waals surface area contributed by atoms with Crippen molar-refractivity contribution in [2.75, 3.05) is 6.61 Å². The van der Waals surface area contributed by atoms with Gasteiger partial charge in [-0.15, -0.1) is 0 Å². The van der Waals surface area contributed by atoms with Crippen LogP contribution in [0.5, 0.6) is 0 Å². The average Bonchev–Trinajstić information content (AvgIpc) is 2.31. The molecule has 0 fully saturated rings. The highest BCUT2D eigenvalue weighted by Crippen LogP contribution is 2.14. The third-order valence-corrected chi connectivity index (χ3v) is 2.38. The number of Topliss-reactive ketones (excluding diaryl/α,β-unsaturated/α-hetero) is 1. The van der Waals surface area contributed by atoms with Gasteiger partial charge in [0.15, 0.2) is 5.78 Å². The smallest absolute Gasteiger partial charge is 0.166 e. The number of ether oxygens (including phenoxy) is 1. The van der Waals surface area contributed by atoms with Gasteiger partial charge in [-0.3, -0.25) is 9.78 Å². The Kier molecular flexibility index (Phi) is 3.12. The molecule has 15 heavy (non-hydrogen) atoms. The van der Waals surface area contributed by atoms with Gasteiger partial charge in [0.2, 0.25) is 0 Å². The zero-order valence-electron chi connectivity index (χ0n) is 8.48. The predicted molar refractivity (Wildman–Crippen MR) is 56.2 cm³/mol. The molecular weight excluding hydrogens is 190 g/mol. The van der Waals surface area contributed by atoms with Crippen LogP contribution in [0.15, 0.2) is 36.4 Å². The number of carbonyl (C=O) groups excluding carboxylic acids is 1. The molecule has 0 unspecified atom stereocenters. The summed E-state index contributed by atoms with van der Waals surface area (Å²) in [6, 6.07) is 3.75. The zero-order valence-corrected chi connectivity index (χ0v) is 8.48. The molecule has 1 aromatic heterocycles. The number of hydrogen-bond donors (Lipinski definition) is 0. The van der Waals surface area contributed by atoms with Crippen LogP contribution in [0.1, 0.15) is 18.4 Å². The maximum Gasteiger partial charge on any atom is 0.166 e. The van der Waals surface area contributed by atoms with E-state index < -0.39 is 0 Å². The second kappa shape index (κ2) is 4.73. The average molecular weight is 203 g/mol. The van der Waals surface area contributed by atoms with Gasteiger partial charge >= 0.3 is 0 Å². The van der Waals surface area contributed by atoms with Crippen molar-refractivity contribution in [1.29, 1.82) is 0 Å². The molecule has 0 spiro atoms. The van der Waals surface area contributed by atoms with Crippen molar-refractivity contribution < 1.29 is 9.53 Å². The zero-order chi connectivity index (χ0) is 10.5. The highest BCUT2D eigenvalue weighted by Gasteiger charge is 2.13. The van der Waals surface area contributed by atoms with Gasteiger partial charge in [0, 0.05) is 24.4 Å². The van der Waals surface area contributed by atoms with Crippen LogP contribution in [-0.2, 0) is 16.0 Å². The van der Waals surface area contributed by atoms with Gasteiger partial charge in [-0.25, -0.2) is 0 Å². The summed E-state index contributed by atoms with van der Waals surface area (Å²) in [7, 11) is 0. The highest BCUT2D eigenvalue weighted by molar-refractivity contribution is 5.96. The molecule has 0 aliphatic carbocycles. The second-order valence-corrected chi connectivity index (χ2v) is 3.58. The quantitative estimate of drug-likeness (QED) is 0.753. The minimum atomic E-state index is 0.141. The van der Waals surface area contributed by atoms with E-state index in [0.717, 1.165) is 30.6 Å². The normalized spacial score (nSPS) is 15.3. The number of rotatable bonds is 3. The monoisotopic (exact) mass is 203 g/mol. The summed E-state index contributed by atoms with van der Waals surface area (Å²) in [6.45, 7) is 0.726. The third kappa shape index (κ3) is 2.65. The van der Waals surface area contributed by atoms with Crippen molar-refractivity contribution in [3.8, 4) is 0 Å². The molecule has 0 amide bonds. The first kappa shape index (κ1) is 9.90. The molecule has 0 N–H and O–H groups in total. The lowest BCUT2D eigenvalue weighted by molar-refractivity contribution is -0.115. The van der Waals surface area contributed by atoms with Crippen molar-refractivity contribution in [1.82, 2.24) is 4.98 Å². The lowest BCUT2D eigenvalue weighted by Gasteiger charge is -2.12. The summed E-state index contributed by atoms with van der Waals surface area (Å²) in [4.78, 5) is 15.8. The molecule has 0 aromatic carbocycles. The van der Waals surface area contributed by atoms with Crippen LogP contribution in [0.3, 0.4) is 0 Å². The molecule has 3 nitrogen and oxygen atoms in total. The van der Waals surface area contributed by atoms with Gasteiger partial charge in [-0.2, -0.15) is 0 Å². The van der Waals surface area contributed by atoms with E-state index in [4.69, 9.17) is 4.74 Å². The van der Waals surface area contributed by atoms with Gasteiger partial charge in [-0.05, 0) is 24.5 Å². The van der Waals surface area contributed by atoms with E-state index >= 15 is 0 Å². The van der Waals surface area contributed by atoms with Crippen molar-refractivity contribution in [3.05, 3.63) is 41.9 Å². The predicted octanol–water partition coefficient (Wildman–Crippen LogP) is 1.89. The Morgan fingerprint density at radius 2 is 2.47 bits per heavy atom. The fourth-order valence-corrected chi connectivity index (χ4v) is 1.57. The van der Waals surface area contributed by atoms with Crippen LogP contribution in [0.2, 0.25) is 0 Å². The first-order chi connectivity index (χ1) is 7.36. The molecule has 0 saturated heterocycles. The minimum absolute atomic E-state index is 0.141. The van der Waals surface area contributed by atoms with Crippen LogP contribution >= 0.6 is 0 Å². The van der Waals surface area contributed by atoms with Crippen molar-refractivity contribution in [3.63, 3.8) is 0 Å². The molecule has 0 radical (unpaired) electrons. The summed E-state index contributed by atoms with van der Waals surface area (Å²) in [5.74, 6) is 0.141. The second-order valence-electron chi connectivity index (χ2n) is 3.58. The molecule has 0 bridgehead atoms. The Labute approximate surface area is 88.8 Å². The molecule has 1 aliphatic heterocycles. The van der Waals surface area contributed by atoms with Crippen molar-refractivity contribution >= 4 is 5.78 Å². The van der Waals surface area contributed by atoms with Crippen molar-refractivity contribution in [2.45, 2.75) is 19.3 Å². The summed E-state index contributed by atoms with van der Waals surface area (Å²) in [6.07, 6.45) is 7.22. The van der Waals surface area contributed by atoms with Crippen molar-refractivity contribution in [2.24, 2.45) is 0 Å². The van der Waals surface area contributed by atoms with Gasteiger partial charge in [0.05, 0.1) is 12.9 Å². The Morgan fingerprint density at radius 1 is 1.53 bits per heavy atom. The number of hydrogen-bond acceptors (Lipinski definition) is 3. The molecule has 2 heterocycles. The van der Waals surface area contributed by atoms with Crippen LogP contribution < -0.4 is 0 Å². The summed E-state index contributed by atoms with van der Waals surface area (Å²) < 4.78 is 5.14. The number of nitrogens with zero attached hydrogens (tertiary/aromatic N) is 1. The summed E-state index contributed by atoms with van der Waals surface area (Å²) in [5.41, 5.74) is 1.75. The van der Waals surface area contributed by atoms with Gasteiger partial charge in [-0.1, -0.05) is 6.07 Å². The topological polar surface area (TPSA) is 39.2 Å². The molecule has 1 aliphatic rings. The Hall–Kier alpha value is -1.64. The lowest BCUT2D eigenvalue weighted by Crippen LogP contribution is -2.11. The first-order valence-electron chi connectivity index (χ1n) is 5.09. The summed E-state index contributed by atoms with van der Waals surface area (Å²) >= 11 is 0. The largest absolute Gasteiger partial charge is 0.501 e. The molecule has 3 heteroatoms. The van der Waals surface area contributed by atoms with Crippen LogP contribution in [0, 0.1) is 0 Å². The maximum atomic E-state index is 11.8.